The predicted octanol–water partition coefficient (Wildman–Crippen LogP) is 2.70. The lowest BCUT2D eigenvalue weighted by molar-refractivity contribution is 0.0975. The number of rotatable bonds is 1. The number of benzene rings is 3. The summed E-state index contributed by atoms with van der Waals surface area (Å²) in [4.78, 5) is 25.9. The highest BCUT2D eigenvalue weighted by Crippen LogP contribution is 2.44. The lowest BCUT2D eigenvalue weighted by atomic mass is 9.80. The number of hydrogen-bond donors (Lipinski definition) is 4. The van der Waals surface area contributed by atoms with Gasteiger partial charge in [0.05, 0.1) is 22.3 Å². The van der Waals surface area contributed by atoms with Crippen molar-refractivity contribution in [1.82, 2.24) is 0 Å². The third-order valence-corrected chi connectivity index (χ3v) is 4.54. The lowest BCUT2D eigenvalue weighted by Crippen LogP contribution is -2.24. The van der Waals surface area contributed by atoms with E-state index in [1.54, 1.807) is 24.3 Å². The summed E-state index contributed by atoms with van der Waals surface area (Å²) in [5.74, 6) is -1.99. The number of carbonyl (C=O) groups excluding carboxylic acids is 2. The quantitative estimate of drug-likeness (QED) is 0.310. The Hall–Kier alpha value is -3.80. The number of anilines is 2. The summed E-state index contributed by atoms with van der Waals surface area (Å²) in [5, 5.41) is 20.8. The molecule has 128 valence electrons. The van der Waals surface area contributed by atoms with Crippen molar-refractivity contribution < 1.29 is 19.8 Å². The first-order chi connectivity index (χ1) is 12.4. The van der Waals surface area contributed by atoms with Crippen LogP contribution in [0.25, 0.3) is 11.1 Å². The monoisotopic (exact) mass is 346 g/mol. The van der Waals surface area contributed by atoms with E-state index in [1.807, 2.05) is 6.07 Å². The maximum Gasteiger partial charge on any atom is 0.200 e. The minimum absolute atomic E-state index is 0.0440. The van der Waals surface area contributed by atoms with E-state index < -0.39 is 11.6 Å². The second kappa shape index (κ2) is 5.35. The van der Waals surface area contributed by atoms with Gasteiger partial charge in [-0.3, -0.25) is 9.59 Å². The van der Waals surface area contributed by atoms with E-state index in [4.69, 9.17) is 11.5 Å². The van der Waals surface area contributed by atoms with E-state index in [0.29, 0.717) is 11.1 Å². The van der Waals surface area contributed by atoms with Gasteiger partial charge in [-0.25, -0.2) is 0 Å². The Morgan fingerprint density at radius 3 is 2.00 bits per heavy atom. The third kappa shape index (κ3) is 1.99. The SMILES string of the molecule is Nc1ccc(O)c2c1C(=O)c1c(O)c(-c3ccccc3)cc(N)c1C2=O. The van der Waals surface area contributed by atoms with Crippen LogP contribution < -0.4 is 11.5 Å². The second-order valence-electron chi connectivity index (χ2n) is 6.06. The number of ketones is 2. The maximum atomic E-state index is 13.0. The number of carbonyl (C=O) groups is 2. The van der Waals surface area contributed by atoms with Crippen molar-refractivity contribution in [3.05, 3.63) is 70.8 Å². The topological polar surface area (TPSA) is 127 Å². The first-order valence-corrected chi connectivity index (χ1v) is 7.83. The van der Waals surface area contributed by atoms with Crippen LogP contribution in [-0.4, -0.2) is 21.8 Å². The number of aromatic hydroxyl groups is 2. The predicted molar refractivity (Wildman–Crippen MR) is 97.3 cm³/mol. The van der Waals surface area contributed by atoms with Crippen molar-refractivity contribution in [2.45, 2.75) is 0 Å². The van der Waals surface area contributed by atoms with Crippen LogP contribution in [0.2, 0.25) is 0 Å². The molecule has 4 rings (SSSR count). The molecule has 0 fully saturated rings. The molecule has 0 atom stereocenters. The van der Waals surface area contributed by atoms with Crippen LogP contribution in [0.5, 0.6) is 11.5 Å². The van der Waals surface area contributed by atoms with E-state index in [2.05, 4.69) is 0 Å². The van der Waals surface area contributed by atoms with Gasteiger partial charge in [0.25, 0.3) is 0 Å². The number of phenolic OH excluding ortho intramolecular Hbond substituents is 2. The first-order valence-electron chi connectivity index (χ1n) is 7.83. The Kier molecular flexibility index (Phi) is 3.23. The molecule has 3 aromatic rings. The first kappa shape index (κ1) is 15.7. The molecule has 6 nitrogen and oxygen atoms in total. The molecule has 0 amide bonds. The molecule has 0 aliphatic heterocycles. The number of nitrogen functional groups attached to an aromatic ring is 2. The summed E-state index contributed by atoms with van der Waals surface area (Å²) in [6, 6.07) is 12.9. The van der Waals surface area contributed by atoms with Crippen LogP contribution >= 0.6 is 0 Å². The van der Waals surface area contributed by atoms with Crippen molar-refractivity contribution in [2.75, 3.05) is 11.5 Å². The van der Waals surface area contributed by atoms with E-state index >= 15 is 0 Å². The fourth-order valence-electron chi connectivity index (χ4n) is 3.33. The fourth-order valence-corrected chi connectivity index (χ4v) is 3.33. The second-order valence-corrected chi connectivity index (χ2v) is 6.06. The van der Waals surface area contributed by atoms with Crippen molar-refractivity contribution in [1.29, 1.82) is 0 Å². The zero-order valence-electron chi connectivity index (χ0n) is 13.5. The fraction of sp³-hybridized carbons (Fsp3) is 0. The van der Waals surface area contributed by atoms with Gasteiger partial charge < -0.3 is 21.7 Å². The average Bonchev–Trinajstić information content (AvgIpc) is 2.63. The highest BCUT2D eigenvalue weighted by molar-refractivity contribution is 6.33. The summed E-state index contributed by atoms with van der Waals surface area (Å²) in [5.41, 5.74) is 12.3. The van der Waals surface area contributed by atoms with Gasteiger partial charge in [0, 0.05) is 16.9 Å². The summed E-state index contributed by atoms with van der Waals surface area (Å²) in [7, 11) is 0. The van der Waals surface area contributed by atoms with Crippen LogP contribution in [0.3, 0.4) is 0 Å². The largest absolute Gasteiger partial charge is 0.507 e. The van der Waals surface area contributed by atoms with E-state index in [9.17, 15) is 19.8 Å². The molecule has 0 heterocycles. The van der Waals surface area contributed by atoms with Crippen LogP contribution in [0, 0.1) is 0 Å². The number of hydrogen-bond acceptors (Lipinski definition) is 6. The van der Waals surface area contributed by atoms with E-state index in [-0.39, 0.29) is 45.1 Å². The highest BCUT2D eigenvalue weighted by atomic mass is 16.3. The van der Waals surface area contributed by atoms with Gasteiger partial charge in [0.1, 0.15) is 11.5 Å². The zero-order valence-corrected chi connectivity index (χ0v) is 13.5. The van der Waals surface area contributed by atoms with Crippen molar-refractivity contribution in [3.63, 3.8) is 0 Å². The van der Waals surface area contributed by atoms with Crippen LogP contribution in [0.1, 0.15) is 31.8 Å². The lowest BCUT2D eigenvalue weighted by Gasteiger charge is -2.23. The normalized spacial score (nSPS) is 12.6. The molecule has 0 spiro atoms. The Morgan fingerprint density at radius 2 is 1.31 bits per heavy atom. The molecule has 0 radical (unpaired) electrons. The van der Waals surface area contributed by atoms with Gasteiger partial charge >= 0.3 is 0 Å². The average molecular weight is 346 g/mol. The highest BCUT2D eigenvalue weighted by Gasteiger charge is 2.38. The minimum Gasteiger partial charge on any atom is -0.507 e. The summed E-state index contributed by atoms with van der Waals surface area (Å²) in [6.07, 6.45) is 0. The Labute approximate surface area is 148 Å². The molecule has 0 bridgehead atoms. The molecule has 0 unspecified atom stereocenters. The molecule has 6 heteroatoms. The molecule has 6 N–H and O–H groups in total. The van der Waals surface area contributed by atoms with Gasteiger partial charge in [-0.1, -0.05) is 30.3 Å². The summed E-state index contributed by atoms with van der Waals surface area (Å²) < 4.78 is 0. The molecular formula is C20H14N2O4. The Balaban J connectivity index is 2.07. The van der Waals surface area contributed by atoms with Gasteiger partial charge in [0.15, 0.2) is 0 Å². The molecule has 0 saturated carbocycles. The molecule has 26 heavy (non-hydrogen) atoms. The van der Waals surface area contributed by atoms with Crippen molar-refractivity contribution >= 4 is 22.9 Å². The summed E-state index contributed by atoms with van der Waals surface area (Å²) >= 11 is 0. The Bertz CT molecular complexity index is 1100. The van der Waals surface area contributed by atoms with Gasteiger partial charge in [0.2, 0.25) is 11.6 Å². The molecule has 1 aliphatic carbocycles. The van der Waals surface area contributed by atoms with E-state index in [1.165, 1.54) is 18.2 Å². The number of nitrogens with two attached hydrogens (primary N) is 2. The van der Waals surface area contributed by atoms with E-state index in [0.717, 1.165) is 0 Å². The molecule has 3 aromatic carbocycles. The van der Waals surface area contributed by atoms with Crippen LogP contribution in [0.4, 0.5) is 11.4 Å². The number of fused-ring (bicyclic) bond motifs is 2. The third-order valence-electron chi connectivity index (χ3n) is 4.54. The molecular weight excluding hydrogens is 332 g/mol. The number of phenols is 2. The smallest absolute Gasteiger partial charge is 0.200 e. The van der Waals surface area contributed by atoms with Crippen molar-refractivity contribution in [2.24, 2.45) is 0 Å². The van der Waals surface area contributed by atoms with Gasteiger partial charge in [-0.2, -0.15) is 0 Å². The van der Waals surface area contributed by atoms with Crippen LogP contribution in [0.15, 0.2) is 48.5 Å². The molecule has 1 aliphatic rings. The minimum atomic E-state index is -0.648. The van der Waals surface area contributed by atoms with Crippen molar-refractivity contribution in [3.8, 4) is 22.6 Å². The molecule has 0 saturated heterocycles. The zero-order chi connectivity index (χ0) is 18.6. The van der Waals surface area contributed by atoms with Gasteiger partial charge in [-0.15, -0.1) is 0 Å². The molecule has 0 aromatic heterocycles. The van der Waals surface area contributed by atoms with Crippen LogP contribution in [-0.2, 0) is 0 Å². The standard InChI is InChI=1S/C20H14N2O4/c21-11-6-7-13(23)16-14(11)20(26)17-15(19(16)25)12(22)8-10(18(17)24)9-4-2-1-3-5-9/h1-8,23-24H,21-22H2. The van der Waals surface area contributed by atoms with Gasteiger partial charge in [-0.05, 0) is 23.8 Å². The summed E-state index contributed by atoms with van der Waals surface area (Å²) in [6.45, 7) is 0. The maximum absolute atomic E-state index is 13.0. The Morgan fingerprint density at radius 1 is 0.692 bits per heavy atom.